The fourth-order valence-corrected chi connectivity index (χ4v) is 3.60. The Morgan fingerprint density at radius 3 is 2.32 bits per heavy atom. The molecular formula is C16H31N5O3S. The Morgan fingerprint density at radius 2 is 1.72 bits per heavy atom. The van der Waals surface area contributed by atoms with Crippen molar-refractivity contribution in [1.82, 2.24) is 24.7 Å². The summed E-state index contributed by atoms with van der Waals surface area (Å²) in [6, 6.07) is -0.0629. The summed E-state index contributed by atoms with van der Waals surface area (Å²) >= 11 is 1.22. The maximum atomic E-state index is 12.5. The molecule has 2 N–H and O–H groups in total. The molecule has 0 spiro atoms. The number of rotatable bonds is 6. The number of amides is 3. The number of piperazine rings is 1. The Labute approximate surface area is 154 Å². The Hall–Kier alpha value is -1.03. The zero-order chi connectivity index (χ0) is 18.2. The zero-order valence-electron chi connectivity index (χ0n) is 15.5. The first-order chi connectivity index (χ1) is 12.0. The summed E-state index contributed by atoms with van der Waals surface area (Å²) in [5, 5.41) is 2.64. The lowest BCUT2D eigenvalue weighted by Gasteiger charge is -2.34. The highest BCUT2D eigenvalue weighted by Gasteiger charge is 2.27. The molecule has 2 rings (SSSR count). The molecule has 2 heterocycles. The molecule has 9 heteroatoms. The third-order valence-corrected chi connectivity index (χ3v) is 5.27. The van der Waals surface area contributed by atoms with E-state index in [1.54, 1.807) is 4.90 Å². The maximum absolute atomic E-state index is 12.5. The van der Waals surface area contributed by atoms with Gasteiger partial charge in [0.2, 0.25) is 5.91 Å². The minimum Gasteiger partial charge on any atom is -0.378 e. The molecule has 0 unspecified atom stereocenters. The van der Waals surface area contributed by atoms with Crippen molar-refractivity contribution in [3.8, 4) is 0 Å². The summed E-state index contributed by atoms with van der Waals surface area (Å²) in [5.74, 6) is -0.0267. The second-order valence-corrected chi connectivity index (χ2v) is 7.89. The number of nitrogens with one attached hydrogen (secondary N) is 2. The van der Waals surface area contributed by atoms with Crippen LogP contribution in [0, 0.1) is 0 Å². The predicted molar refractivity (Wildman–Crippen MR) is 99.5 cm³/mol. The molecule has 25 heavy (non-hydrogen) atoms. The van der Waals surface area contributed by atoms with Gasteiger partial charge in [0, 0.05) is 51.9 Å². The second kappa shape index (κ2) is 10.2. The average Bonchev–Trinajstić information content (AvgIpc) is 2.60. The van der Waals surface area contributed by atoms with Crippen molar-refractivity contribution in [2.24, 2.45) is 0 Å². The van der Waals surface area contributed by atoms with Crippen LogP contribution in [0.5, 0.6) is 0 Å². The molecule has 0 radical (unpaired) electrons. The van der Waals surface area contributed by atoms with Gasteiger partial charge in [-0.15, -0.1) is 0 Å². The van der Waals surface area contributed by atoms with E-state index >= 15 is 0 Å². The molecule has 0 aliphatic carbocycles. The molecule has 0 aromatic rings. The van der Waals surface area contributed by atoms with Crippen molar-refractivity contribution < 1.29 is 14.3 Å². The van der Waals surface area contributed by atoms with Gasteiger partial charge in [-0.25, -0.2) is 4.79 Å². The standard InChI is InChI=1S/C16H31N5O3S/c1-13(2)17-15(22)14(12-20-6-4-19(3)5-7-20)25-18-16(23)21-8-10-24-11-9-21/h13-14H,4-12H2,1-3H3,(H,17,22)(H,18,23)/t14-/m0/s1. The highest BCUT2D eigenvalue weighted by atomic mass is 32.2. The van der Waals surface area contributed by atoms with Crippen molar-refractivity contribution in [3.63, 3.8) is 0 Å². The second-order valence-electron chi connectivity index (χ2n) is 6.88. The normalized spacial score (nSPS) is 21.2. The van der Waals surface area contributed by atoms with Crippen LogP contribution in [-0.4, -0.2) is 104 Å². The summed E-state index contributed by atoms with van der Waals surface area (Å²) in [4.78, 5) is 31.1. The lowest BCUT2D eigenvalue weighted by Crippen LogP contribution is -2.51. The van der Waals surface area contributed by atoms with Crippen LogP contribution < -0.4 is 10.0 Å². The van der Waals surface area contributed by atoms with E-state index in [1.807, 2.05) is 13.8 Å². The largest absolute Gasteiger partial charge is 0.378 e. The van der Waals surface area contributed by atoms with Crippen LogP contribution in [0.4, 0.5) is 4.79 Å². The number of nitrogens with zero attached hydrogens (tertiary/aromatic N) is 3. The van der Waals surface area contributed by atoms with Gasteiger partial charge in [0.05, 0.1) is 13.2 Å². The summed E-state index contributed by atoms with van der Waals surface area (Å²) in [5.41, 5.74) is 0. The third-order valence-electron chi connectivity index (χ3n) is 4.33. The highest BCUT2D eigenvalue weighted by Crippen LogP contribution is 2.13. The first-order valence-electron chi connectivity index (χ1n) is 8.95. The Balaban J connectivity index is 1.86. The number of urea groups is 1. The van der Waals surface area contributed by atoms with Crippen LogP contribution in [0.2, 0.25) is 0 Å². The van der Waals surface area contributed by atoms with E-state index in [2.05, 4.69) is 26.9 Å². The van der Waals surface area contributed by atoms with Gasteiger partial charge in [-0.2, -0.15) is 0 Å². The third kappa shape index (κ3) is 7.01. The monoisotopic (exact) mass is 373 g/mol. The summed E-state index contributed by atoms with van der Waals surface area (Å²) in [6.45, 7) is 10.7. The van der Waals surface area contributed by atoms with Crippen LogP contribution in [0.3, 0.4) is 0 Å². The first kappa shape index (κ1) is 20.3. The predicted octanol–water partition coefficient (Wildman–Crippen LogP) is -0.183. The van der Waals surface area contributed by atoms with Crippen LogP contribution >= 0.6 is 11.9 Å². The van der Waals surface area contributed by atoms with Crippen molar-refractivity contribution in [1.29, 1.82) is 0 Å². The SMILES string of the molecule is CC(C)NC(=O)[C@H](CN1CCN(C)CC1)SNC(=O)N1CCOCC1. The quantitative estimate of drug-likeness (QED) is 0.629. The van der Waals surface area contributed by atoms with E-state index in [4.69, 9.17) is 4.74 Å². The maximum Gasteiger partial charge on any atom is 0.327 e. The zero-order valence-corrected chi connectivity index (χ0v) is 16.3. The topological polar surface area (TPSA) is 77.2 Å². The Morgan fingerprint density at radius 1 is 1.08 bits per heavy atom. The Bertz CT molecular complexity index is 437. The lowest BCUT2D eigenvalue weighted by atomic mass is 10.2. The lowest BCUT2D eigenvalue weighted by molar-refractivity contribution is -0.121. The summed E-state index contributed by atoms with van der Waals surface area (Å²) < 4.78 is 8.12. The van der Waals surface area contributed by atoms with Gasteiger partial charge in [-0.1, -0.05) is 0 Å². The highest BCUT2D eigenvalue weighted by molar-refractivity contribution is 7.99. The molecule has 2 fully saturated rings. The summed E-state index contributed by atoms with van der Waals surface area (Å²) in [6.07, 6.45) is 0. The van der Waals surface area contributed by atoms with E-state index < -0.39 is 0 Å². The minimum atomic E-state index is -0.323. The van der Waals surface area contributed by atoms with Crippen LogP contribution in [-0.2, 0) is 9.53 Å². The van der Waals surface area contributed by atoms with E-state index in [1.165, 1.54) is 11.9 Å². The van der Waals surface area contributed by atoms with Crippen molar-refractivity contribution >= 4 is 23.9 Å². The molecule has 0 saturated carbocycles. The Kier molecular flexibility index (Phi) is 8.28. The number of morpholine rings is 1. The van der Waals surface area contributed by atoms with Gasteiger partial charge in [0.25, 0.3) is 0 Å². The molecule has 2 saturated heterocycles. The van der Waals surface area contributed by atoms with Gasteiger partial charge in [0.1, 0.15) is 5.25 Å². The smallest absolute Gasteiger partial charge is 0.327 e. The average molecular weight is 374 g/mol. The summed E-state index contributed by atoms with van der Waals surface area (Å²) in [7, 11) is 2.11. The molecule has 2 aliphatic heterocycles. The minimum absolute atomic E-state index is 0.0267. The van der Waals surface area contributed by atoms with Gasteiger partial charge >= 0.3 is 6.03 Å². The van der Waals surface area contributed by atoms with Crippen molar-refractivity contribution in [2.75, 3.05) is 66.1 Å². The molecule has 0 aromatic carbocycles. The fraction of sp³-hybridized carbons (Fsp3) is 0.875. The van der Waals surface area contributed by atoms with E-state index in [9.17, 15) is 9.59 Å². The van der Waals surface area contributed by atoms with Gasteiger partial charge in [0.15, 0.2) is 0 Å². The van der Waals surface area contributed by atoms with E-state index in [-0.39, 0.29) is 23.2 Å². The number of carbonyl (C=O) groups is 2. The molecule has 0 aromatic heterocycles. The van der Waals surface area contributed by atoms with Crippen molar-refractivity contribution in [3.05, 3.63) is 0 Å². The first-order valence-corrected chi connectivity index (χ1v) is 9.83. The van der Waals surface area contributed by atoms with Gasteiger partial charge in [-0.3, -0.25) is 14.4 Å². The number of carbonyl (C=O) groups excluding carboxylic acids is 2. The van der Waals surface area contributed by atoms with Crippen LogP contribution in [0.15, 0.2) is 0 Å². The van der Waals surface area contributed by atoms with E-state index in [0.29, 0.717) is 32.8 Å². The molecule has 2 aliphatic rings. The van der Waals surface area contributed by atoms with Crippen LogP contribution in [0.25, 0.3) is 0 Å². The number of likely N-dealkylation sites (N-methyl/N-ethyl adjacent to an activating group) is 1. The molecule has 3 amide bonds. The number of hydrogen-bond acceptors (Lipinski definition) is 6. The molecule has 0 bridgehead atoms. The van der Waals surface area contributed by atoms with Gasteiger partial charge in [-0.05, 0) is 32.8 Å². The number of hydrogen-bond donors (Lipinski definition) is 2. The molecule has 8 nitrogen and oxygen atoms in total. The molecule has 1 atom stereocenters. The van der Waals surface area contributed by atoms with Crippen molar-refractivity contribution in [2.45, 2.75) is 25.1 Å². The molecular weight excluding hydrogens is 342 g/mol. The fourth-order valence-electron chi connectivity index (χ4n) is 2.77. The number of ether oxygens (including phenoxy) is 1. The van der Waals surface area contributed by atoms with Gasteiger partial charge < -0.3 is 19.9 Å². The molecule has 144 valence electrons. The van der Waals surface area contributed by atoms with Crippen LogP contribution in [0.1, 0.15) is 13.8 Å². The van der Waals surface area contributed by atoms with E-state index in [0.717, 1.165) is 26.2 Å².